The van der Waals surface area contributed by atoms with Crippen LogP contribution in [-0.4, -0.2) is 35.4 Å². The van der Waals surface area contributed by atoms with E-state index in [1.54, 1.807) is 20.8 Å². The normalized spacial score (nSPS) is 24.7. The molecule has 1 heterocycles. The second-order valence-corrected chi connectivity index (χ2v) is 4.39. The fourth-order valence-electron chi connectivity index (χ4n) is 1.29. The van der Waals surface area contributed by atoms with Crippen LogP contribution in [0.2, 0.25) is 0 Å². The van der Waals surface area contributed by atoms with Gasteiger partial charge >= 0.3 is 0 Å². The Morgan fingerprint density at radius 3 is 2.71 bits per heavy atom. The molecule has 0 spiro atoms. The average molecular weight is 201 g/mol. The van der Waals surface area contributed by atoms with Crippen LogP contribution in [-0.2, 0) is 9.53 Å². The van der Waals surface area contributed by atoms with Crippen molar-refractivity contribution in [2.24, 2.45) is 0 Å². The predicted octanol–water partition coefficient (Wildman–Crippen LogP) is 0.441. The van der Waals surface area contributed by atoms with Crippen LogP contribution in [0.1, 0.15) is 33.6 Å². The summed E-state index contributed by atoms with van der Waals surface area (Å²) in [4.78, 5) is 11.6. The van der Waals surface area contributed by atoms with Crippen molar-refractivity contribution in [1.29, 1.82) is 0 Å². The molecular formula is C10H19NO3. The van der Waals surface area contributed by atoms with Crippen LogP contribution in [0.4, 0.5) is 0 Å². The molecule has 1 aliphatic rings. The molecule has 0 radical (unpaired) electrons. The first kappa shape index (κ1) is 11.5. The van der Waals surface area contributed by atoms with Gasteiger partial charge in [0.2, 0.25) is 5.91 Å². The lowest BCUT2D eigenvalue weighted by Crippen LogP contribution is -2.53. The third kappa shape index (κ3) is 2.69. The first-order valence-corrected chi connectivity index (χ1v) is 5.05. The number of ether oxygens (including phenoxy) is 1. The van der Waals surface area contributed by atoms with Gasteiger partial charge in [0.1, 0.15) is 6.10 Å². The molecular weight excluding hydrogens is 182 g/mol. The Labute approximate surface area is 84.6 Å². The van der Waals surface area contributed by atoms with Crippen LogP contribution in [0.15, 0.2) is 0 Å². The highest BCUT2D eigenvalue weighted by atomic mass is 16.5. The van der Waals surface area contributed by atoms with Gasteiger partial charge in [-0.25, -0.2) is 0 Å². The largest absolute Gasteiger partial charge is 0.391 e. The Balaban J connectivity index is 2.46. The van der Waals surface area contributed by atoms with Crippen molar-refractivity contribution in [3.63, 3.8) is 0 Å². The molecule has 2 N–H and O–H groups in total. The molecule has 1 aliphatic heterocycles. The van der Waals surface area contributed by atoms with E-state index in [4.69, 9.17) is 4.74 Å². The van der Waals surface area contributed by atoms with Gasteiger partial charge in [-0.3, -0.25) is 4.79 Å². The van der Waals surface area contributed by atoms with Crippen molar-refractivity contribution in [3.8, 4) is 0 Å². The Kier molecular flexibility index (Phi) is 3.50. The molecule has 1 unspecified atom stereocenters. The van der Waals surface area contributed by atoms with E-state index in [1.165, 1.54) is 0 Å². The van der Waals surface area contributed by atoms with E-state index in [0.717, 1.165) is 12.8 Å². The summed E-state index contributed by atoms with van der Waals surface area (Å²) in [5, 5.41) is 12.2. The maximum atomic E-state index is 11.6. The Morgan fingerprint density at radius 1 is 1.64 bits per heavy atom. The van der Waals surface area contributed by atoms with Gasteiger partial charge in [-0.15, -0.1) is 0 Å². The molecule has 0 aromatic heterocycles. The Bertz CT molecular complexity index is 207. The zero-order chi connectivity index (χ0) is 10.8. The lowest BCUT2D eigenvalue weighted by Gasteiger charge is -2.30. The maximum Gasteiger partial charge on any atom is 0.249 e. The number of hydrogen-bond acceptors (Lipinski definition) is 3. The van der Waals surface area contributed by atoms with Gasteiger partial charge in [0, 0.05) is 6.61 Å². The van der Waals surface area contributed by atoms with Crippen LogP contribution in [0.5, 0.6) is 0 Å². The fourth-order valence-corrected chi connectivity index (χ4v) is 1.29. The van der Waals surface area contributed by atoms with E-state index in [2.05, 4.69) is 5.32 Å². The number of aliphatic hydroxyl groups excluding tert-OH is 1. The minimum atomic E-state index is -0.594. The molecule has 1 fully saturated rings. The summed E-state index contributed by atoms with van der Waals surface area (Å²) in [7, 11) is 0. The van der Waals surface area contributed by atoms with Gasteiger partial charge in [-0.2, -0.15) is 0 Å². The summed E-state index contributed by atoms with van der Waals surface area (Å²) in [5.74, 6) is -0.117. The monoisotopic (exact) mass is 201 g/mol. The van der Waals surface area contributed by atoms with Crippen LogP contribution in [0.25, 0.3) is 0 Å². The van der Waals surface area contributed by atoms with Crippen molar-refractivity contribution in [1.82, 2.24) is 5.32 Å². The molecule has 0 aromatic carbocycles. The van der Waals surface area contributed by atoms with E-state index in [-0.39, 0.29) is 12.0 Å². The molecule has 0 aromatic rings. The number of rotatable bonds is 3. The zero-order valence-electron chi connectivity index (χ0n) is 9.04. The van der Waals surface area contributed by atoms with E-state index in [0.29, 0.717) is 6.61 Å². The van der Waals surface area contributed by atoms with E-state index >= 15 is 0 Å². The lowest BCUT2D eigenvalue weighted by atomic mass is 9.98. The maximum absolute atomic E-state index is 11.6. The summed E-state index contributed by atoms with van der Waals surface area (Å²) in [6.07, 6.45) is 0.815. The number of aliphatic hydroxyl groups is 1. The smallest absolute Gasteiger partial charge is 0.249 e. The topological polar surface area (TPSA) is 58.6 Å². The molecule has 14 heavy (non-hydrogen) atoms. The molecule has 2 atom stereocenters. The number of nitrogens with one attached hydrogen (secondary N) is 1. The van der Waals surface area contributed by atoms with Crippen molar-refractivity contribution in [2.45, 2.75) is 51.4 Å². The van der Waals surface area contributed by atoms with Crippen LogP contribution in [0, 0.1) is 0 Å². The lowest BCUT2D eigenvalue weighted by molar-refractivity contribution is -0.133. The fraction of sp³-hybridized carbons (Fsp3) is 0.900. The molecule has 4 heteroatoms. The van der Waals surface area contributed by atoms with E-state index in [1.807, 2.05) is 0 Å². The van der Waals surface area contributed by atoms with Crippen LogP contribution >= 0.6 is 0 Å². The summed E-state index contributed by atoms with van der Waals surface area (Å²) < 4.78 is 5.25. The molecule has 1 amide bonds. The highest BCUT2D eigenvalue weighted by Crippen LogP contribution is 2.15. The average Bonchev–Trinajstić information content (AvgIpc) is 2.54. The van der Waals surface area contributed by atoms with Crippen LogP contribution < -0.4 is 5.32 Å². The molecule has 0 saturated carbocycles. The Morgan fingerprint density at radius 2 is 2.29 bits per heavy atom. The third-order valence-electron chi connectivity index (χ3n) is 2.71. The molecule has 4 nitrogen and oxygen atoms in total. The summed E-state index contributed by atoms with van der Waals surface area (Å²) >= 11 is 0. The first-order chi connectivity index (χ1) is 6.43. The van der Waals surface area contributed by atoms with Crippen molar-refractivity contribution in [3.05, 3.63) is 0 Å². The molecule has 1 saturated heterocycles. The number of carbonyl (C=O) groups excluding carboxylic acids is 1. The molecule has 0 aliphatic carbocycles. The minimum Gasteiger partial charge on any atom is -0.391 e. The number of hydrogen-bond donors (Lipinski definition) is 2. The van der Waals surface area contributed by atoms with Crippen molar-refractivity contribution >= 4 is 5.91 Å². The highest BCUT2D eigenvalue weighted by molar-refractivity contribution is 5.81. The predicted molar refractivity (Wildman–Crippen MR) is 52.9 cm³/mol. The third-order valence-corrected chi connectivity index (χ3v) is 2.71. The van der Waals surface area contributed by atoms with Gasteiger partial charge in [0.05, 0.1) is 11.6 Å². The molecule has 82 valence electrons. The van der Waals surface area contributed by atoms with E-state index in [9.17, 15) is 9.90 Å². The van der Waals surface area contributed by atoms with E-state index < -0.39 is 11.6 Å². The van der Waals surface area contributed by atoms with Gasteiger partial charge < -0.3 is 15.2 Å². The summed E-state index contributed by atoms with van der Waals surface area (Å²) in [5.41, 5.74) is -0.594. The SMILES string of the molecule is CC(O)C(C)(C)NC(=O)[C@H]1CCCO1. The van der Waals surface area contributed by atoms with Gasteiger partial charge in [0.15, 0.2) is 0 Å². The van der Waals surface area contributed by atoms with Gasteiger partial charge in [-0.1, -0.05) is 0 Å². The van der Waals surface area contributed by atoms with Gasteiger partial charge in [0.25, 0.3) is 0 Å². The second-order valence-electron chi connectivity index (χ2n) is 4.39. The molecule has 0 bridgehead atoms. The standard InChI is InChI=1S/C10H19NO3/c1-7(12)10(2,3)11-9(13)8-5-4-6-14-8/h7-8,12H,4-6H2,1-3H3,(H,11,13)/t7?,8-/m1/s1. The van der Waals surface area contributed by atoms with Crippen molar-refractivity contribution in [2.75, 3.05) is 6.61 Å². The Hall–Kier alpha value is -0.610. The quantitative estimate of drug-likeness (QED) is 0.696. The summed E-state index contributed by atoms with van der Waals surface area (Å²) in [6.45, 7) is 5.91. The first-order valence-electron chi connectivity index (χ1n) is 5.05. The van der Waals surface area contributed by atoms with Crippen molar-refractivity contribution < 1.29 is 14.6 Å². The summed E-state index contributed by atoms with van der Waals surface area (Å²) in [6, 6.07) is 0. The zero-order valence-corrected chi connectivity index (χ0v) is 9.04. The number of amides is 1. The molecule has 1 rings (SSSR count). The highest BCUT2D eigenvalue weighted by Gasteiger charge is 2.31. The minimum absolute atomic E-state index is 0.117. The number of carbonyl (C=O) groups is 1. The second kappa shape index (κ2) is 4.28. The van der Waals surface area contributed by atoms with Gasteiger partial charge in [-0.05, 0) is 33.6 Å². The van der Waals surface area contributed by atoms with Crippen LogP contribution in [0.3, 0.4) is 0 Å².